The Labute approximate surface area is 140 Å². The molecule has 2 heterocycles. The lowest BCUT2D eigenvalue weighted by atomic mass is 10.0. The number of hydrogen-bond donors (Lipinski definition) is 1. The largest absolute Gasteiger partial charge is 0.480 e. The average Bonchev–Trinajstić information content (AvgIpc) is 2.94. The van der Waals surface area contributed by atoms with Crippen LogP contribution in [0, 0.1) is 0 Å². The van der Waals surface area contributed by atoms with E-state index in [1.54, 1.807) is 12.1 Å². The van der Waals surface area contributed by atoms with Gasteiger partial charge in [0.2, 0.25) is 11.7 Å². The van der Waals surface area contributed by atoms with Gasteiger partial charge >= 0.3 is 12.1 Å². The van der Waals surface area contributed by atoms with E-state index in [1.807, 2.05) is 0 Å². The molecule has 1 aliphatic rings. The summed E-state index contributed by atoms with van der Waals surface area (Å²) in [7, 11) is 0. The first-order chi connectivity index (χ1) is 11.8. The van der Waals surface area contributed by atoms with Crippen LogP contribution in [0.3, 0.4) is 0 Å². The Balaban J connectivity index is 1.96. The summed E-state index contributed by atoms with van der Waals surface area (Å²) < 4.78 is 40.7. The number of piperidine rings is 1. The molecule has 6 nitrogen and oxygen atoms in total. The third kappa shape index (κ3) is 3.31. The molecule has 3 rings (SSSR count). The number of aliphatic carboxylic acids is 1. The minimum Gasteiger partial charge on any atom is -0.480 e. The zero-order chi connectivity index (χ0) is 18.2. The number of carboxylic acids is 1. The number of amides is 1. The van der Waals surface area contributed by atoms with Gasteiger partial charge in [-0.3, -0.25) is 4.79 Å². The molecule has 1 aliphatic heterocycles. The van der Waals surface area contributed by atoms with Gasteiger partial charge in [-0.1, -0.05) is 12.1 Å². The molecule has 0 spiro atoms. The quantitative estimate of drug-likeness (QED) is 0.918. The molecule has 25 heavy (non-hydrogen) atoms. The molecular formula is C16H16F3N3O3. The number of carbonyl (C=O) groups excluding carboxylic acids is 1. The number of alkyl halides is 3. The molecule has 9 heteroatoms. The summed E-state index contributed by atoms with van der Waals surface area (Å²) >= 11 is 0. The zero-order valence-corrected chi connectivity index (χ0v) is 13.2. The van der Waals surface area contributed by atoms with Crippen LogP contribution in [0.1, 0.15) is 25.1 Å². The number of likely N-dealkylation sites (tertiary alicyclic amines) is 1. The number of halogens is 3. The fourth-order valence-corrected chi connectivity index (χ4v) is 3.16. The van der Waals surface area contributed by atoms with Crippen LogP contribution in [0.15, 0.2) is 24.3 Å². The SMILES string of the molecule is O=C(O)C1CCCCN1C(=O)Cn1c(C(F)(F)F)nc2ccccc21. The van der Waals surface area contributed by atoms with E-state index >= 15 is 0 Å². The molecule has 1 amide bonds. The number of carboxylic acid groups (broad SMARTS) is 1. The fraction of sp³-hybridized carbons (Fsp3) is 0.438. The van der Waals surface area contributed by atoms with Gasteiger partial charge in [0.15, 0.2) is 0 Å². The van der Waals surface area contributed by atoms with E-state index in [9.17, 15) is 27.9 Å². The molecule has 0 saturated carbocycles. The highest BCUT2D eigenvalue weighted by Crippen LogP contribution is 2.31. The van der Waals surface area contributed by atoms with Gasteiger partial charge in [-0.25, -0.2) is 9.78 Å². The molecule has 2 aromatic rings. The summed E-state index contributed by atoms with van der Waals surface area (Å²) in [4.78, 5) is 28.6. The summed E-state index contributed by atoms with van der Waals surface area (Å²) in [5.74, 6) is -2.95. The van der Waals surface area contributed by atoms with Crippen LogP contribution < -0.4 is 0 Å². The number of nitrogens with zero attached hydrogens (tertiary/aromatic N) is 3. The molecular weight excluding hydrogens is 339 g/mol. The molecule has 1 atom stereocenters. The number of aromatic nitrogens is 2. The normalized spacial score (nSPS) is 18.5. The molecule has 1 N–H and O–H groups in total. The van der Waals surface area contributed by atoms with Crippen LogP contribution in [0.25, 0.3) is 11.0 Å². The monoisotopic (exact) mass is 355 g/mol. The van der Waals surface area contributed by atoms with Crippen LogP contribution in [-0.4, -0.2) is 44.0 Å². The molecule has 1 saturated heterocycles. The van der Waals surface area contributed by atoms with Gasteiger partial charge in [-0.05, 0) is 31.4 Å². The first-order valence-corrected chi connectivity index (χ1v) is 7.84. The van der Waals surface area contributed by atoms with Gasteiger partial charge in [0.05, 0.1) is 11.0 Å². The van der Waals surface area contributed by atoms with Gasteiger partial charge in [-0.2, -0.15) is 13.2 Å². The lowest BCUT2D eigenvalue weighted by Crippen LogP contribution is -2.49. The highest BCUT2D eigenvalue weighted by molar-refractivity contribution is 5.85. The van der Waals surface area contributed by atoms with Crippen LogP contribution in [0.5, 0.6) is 0 Å². The second kappa shape index (κ2) is 6.38. The highest BCUT2D eigenvalue weighted by atomic mass is 19.4. The van der Waals surface area contributed by atoms with Crippen molar-refractivity contribution in [2.45, 2.75) is 38.0 Å². The van der Waals surface area contributed by atoms with Crippen molar-refractivity contribution >= 4 is 22.9 Å². The summed E-state index contributed by atoms with van der Waals surface area (Å²) in [6.07, 6.45) is -3.11. The maximum absolute atomic E-state index is 13.3. The first-order valence-electron chi connectivity index (χ1n) is 7.84. The predicted octanol–water partition coefficient (Wildman–Crippen LogP) is 2.52. The molecule has 0 radical (unpaired) electrons. The Morgan fingerprint density at radius 3 is 2.64 bits per heavy atom. The van der Waals surface area contributed by atoms with Crippen LogP contribution in [0.2, 0.25) is 0 Å². The number of rotatable bonds is 3. The Kier molecular flexibility index (Phi) is 4.40. The number of fused-ring (bicyclic) bond motifs is 1. The minimum atomic E-state index is -4.71. The lowest BCUT2D eigenvalue weighted by molar-refractivity contribution is -0.154. The summed E-state index contributed by atoms with van der Waals surface area (Å²) in [5, 5.41) is 9.25. The zero-order valence-electron chi connectivity index (χ0n) is 13.2. The number of hydrogen-bond acceptors (Lipinski definition) is 3. The maximum atomic E-state index is 13.3. The molecule has 1 fully saturated rings. The Hall–Kier alpha value is -2.58. The lowest BCUT2D eigenvalue weighted by Gasteiger charge is -2.33. The van der Waals surface area contributed by atoms with Crippen molar-refractivity contribution in [2.24, 2.45) is 0 Å². The summed E-state index contributed by atoms with van der Waals surface area (Å²) in [5.41, 5.74) is 0.322. The molecule has 1 aromatic carbocycles. The number of carbonyl (C=O) groups is 2. The van der Waals surface area contributed by atoms with E-state index in [1.165, 1.54) is 12.1 Å². The second-order valence-electron chi connectivity index (χ2n) is 5.94. The van der Waals surface area contributed by atoms with E-state index < -0.39 is 36.5 Å². The predicted molar refractivity (Wildman–Crippen MR) is 81.7 cm³/mol. The number of para-hydroxylation sites is 2. The first kappa shape index (κ1) is 17.2. The summed E-state index contributed by atoms with van der Waals surface area (Å²) in [6, 6.07) is 5.02. The van der Waals surface area contributed by atoms with Crippen molar-refractivity contribution in [1.82, 2.24) is 14.5 Å². The van der Waals surface area contributed by atoms with E-state index in [0.29, 0.717) is 19.3 Å². The van der Waals surface area contributed by atoms with Gasteiger partial charge in [0.1, 0.15) is 12.6 Å². The van der Waals surface area contributed by atoms with Crippen LogP contribution in [-0.2, 0) is 22.3 Å². The van der Waals surface area contributed by atoms with E-state index in [4.69, 9.17) is 0 Å². The van der Waals surface area contributed by atoms with Crippen molar-refractivity contribution in [1.29, 1.82) is 0 Å². The van der Waals surface area contributed by atoms with Crippen LogP contribution >= 0.6 is 0 Å². The standard InChI is InChI=1S/C16H16F3N3O3/c17-16(18,19)15-20-10-5-1-2-6-11(10)22(15)9-13(23)21-8-4-3-7-12(21)14(24)25/h1-2,5-6,12H,3-4,7-9H2,(H,24,25). The average molecular weight is 355 g/mol. The highest BCUT2D eigenvalue weighted by Gasteiger charge is 2.39. The number of benzene rings is 1. The van der Waals surface area contributed by atoms with Crippen molar-refractivity contribution in [3.63, 3.8) is 0 Å². The van der Waals surface area contributed by atoms with Gasteiger partial charge < -0.3 is 14.6 Å². The summed E-state index contributed by atoms with van der Waals surface area (Å²) in [6.45, 7) is -0.372. The Morgan fingerprint density at radius 1 is 1.24 bits per heavy atom. The smallest absolute Gasteiger partial charge is 0.449 e. The van der Waals surface area contributed by atoms with Gasteiger partial charge in [-0.15, -0.1) is 0 Å². The van der Waals surface area contributed by atoms with E-state index in [0.717, 1.165) is 9.47 Å². The molecule has 1 unspecified atom stereocenters. The van der Waals surface area contributed by atoms with Crippen molar-refractivity contribution in [3.8, 4) is 0 Å². The van der Waals surface area contributed by atoms with Gasteiger partial charge in [0.25, 0.3) is 0 Å². The maximum Gasteiger partial charge on any atom is 0.449 e. The van der Waals surface area contributed by atoms with Crippen molar-refractivity contribution in [2.75, 3.05) is 6.54 Å². The molecule has 0 aliphatic carbocycles. The van der Waals surface area contributed by atoms with Crippen molar-refractivity contribution in [3.05, 3.63) is 30.1 Å². The van der Waals surface area contributed by atoms with Gasteiger partial charge in [0, 0.05) is 6.54 Å². The third-order valence-electron chi connectivity index (χ3n) is 4.31. The Morgan fingerprint density at radius 2 is 1.96 bits per heavy atom. The Bertz CT molecular complexity index is 816. The van der Waals surface area contributed by atoms with Crippen molar-refractivity contribution < 1.29 is 27.9 Å². The second-order valence-corrected chi connectivity index (χ2v) is 5.94. The fourth-order valence-electron chi connectivity index (χ4n) is 3.16. The van der Waals surface area contributed by atoms with E-state index in [-0.39, 0.29) is 17.6 Å². The number of imidazole rings is 1. The molecule has 134 valence electrons. The minimum absolute atomic E-state index is 0.135. The molecule has 1 aromatic heterocycles. The third-order valence-corrected chi connectivity index (χ3v) is 4.31. The molecule has 0 bridgehead atoms. The topological polar surface area (TPSA) is 75.4 Å². The van der Waals surface area contributed by atoms with E-state index in [2.05, 4.69) is 4.98 Å². The van der Waals surface area contributed by atoms with Crippen LogP contribution in [0.4, 0.5) is 13.2 Å².